The SMILES string of the molecule is COc1ccc(S(=O)(=O)N(CC(=O)N/N=C\c2ccc(OCc3ccccc3)cc2)c2ccccc2OC)cc1. The molecular formula is C30H29N3O6S. The first kappa shape index (κ1) is 28.2. The first-order chi connectivity index (χ1) is 19.4. The molecule has 1 amide bonds. The zero-order valence-electron chi connectivity index (χ0n) is 22.1. The number of nitrogens with one attached hydrogen (secondary N) is 1. The van der Waals surface area contributed by atoms with Crippen molar-refractivity contribution in [2.45, 2.75) is 11.5 Å². The number of nitrogens with zero attached hydrogens (tertiary/aromatic N) is 2. The highest BCUT2D eigenvalue weighted by molar-refractivity contribution is 7.92. The molecule has 4 rings (SSSR count). The first-order valence-corrected chi connectivity index (χ1v) is 13.7. The van der Waals surface area contributed by atoms with Crippen molar-refractivity contribution >= 4 is 27.8 Å². The second-order valence-corrected chi connectivity index (χ2v) is 10.4. The number of hydrogen-bond acceptors (Lipinski definition) is 7. The lowest BCUT2D eigenvalue weighted by molar-refractivity contribution is -0.119. The molecule has 10 heteroatoms. The summed E-state index contributed by atoms with van der Waals surface area (Å²) in [4.78, 5) is 12.8. The predicted octanol–water partition coefficient (Wildman–Crippen LogP) is 4.63. The lowest BCUT2D eigenvalue weighted by atomic mass is 10.2. The third-order valence-electron chi connectivity index (χ3n) is 5.82. The molecule has 0 saturated carbocycles. The highest BCUT2D eigenvalue weighted by Gasteiger charge is 2.29. The summed E-state index contributed by atoms with van der Waals surface area (Å²) in [6.07, 6.45) is 1.46. The van der Waals surface area contributed by atoms with E-state index >= 15 is 0 Å². The summed E-state index contributed by atoms with van der Waals surface area (Å²) < 4.78 is 44.5. The van der Waals surface area contributed by atoms with Crippen LogP contribution in [0.4, 0.5) is 5.69 Å². The Balaban J connectivity index is 1.45. The monoisotopic (exact) mass is 559 g/mol. The standard InChI is InChI=1S/C30H29N3O6S/c1-37-25-16-18-27(19-17-25)40(35,36)33(28-10-6-7-11-29(28)38-2)21-30(34)32-31-20-23-12-14-26(15-13-23)39-22-24-8-4-3-5-9-24/h3-20H,21-22H2,1-2H3,(H,32,34)/b31-20-. The number of methoxy groups -OCH3 is 2. The van der Waals surface area contributed by atoms with E-state index in [1.165, 1.54) is 44.7 Å². The molecule has 0 radical (unpaired) electrons. The van der Waals surface area contributed by atoms with Crippen molar-refractivity contribution < 1.29 is 27.4 Å². The van der Waals surface area contributed by atoms with Crippen LogP contribution in [-0.4, -0.2) is 41.3 Å². The molecular weight excluding hydrogens is 530 g/mol. The lowest BCUT2D eigenvalue weighted by Crippen LogP contribution is -2.39. The number of hydrogen-bond donors (Lipinski definition) is 1. The van der Waals surface area contributed by atoms with E-state index in [1.54, 1.807) is 48.5 Å². The maximum Gasteiger partial charge on any atom is 0.264 e. The Morgan fingerprint density at radius 2 is 1.48 bits per heavy atom. The molecule has 1 N–H and O–H groups in total. The Hall–Kier alpha value is -4.83. The first-order valence-electron chi connectivity index (χ1n) is 12.3. The number of hydrazone groups is 1. The van der Waals surface area contributed by atoms with Gasteiger partial charge in [0.1, 0.15) is 30.4 Å². The van der Waals surface area contributed by atoms with E-state index < -0.39 is 22.5 Å². The quantitative estimate of drug-likeness (QED) is 0.200. The van der Waals surface area contributed by atoms with Gasteiger partial charge >= 0.3 is 0 Å². The van der Waals surface area contributed by atoms with Gasteiger partial charge in [0.05, 0.1) is 31.0 Å². The average molecular weight is 560 g/mol. The van der Waals surface area contributed by atoms with Crippen molar-refractivity contribution in [1.29, 1.82) is 0 Å². The smallest absolute Gasteiger partial charge is 0.264 e. The summed E-state index contributed by atoms with van der Waals surface area (Å²) in [7, 11) is -1.22. The van der Waals surface area contributed by atoms with Gasteiger partial charge in [-0.2, -0.15) is 5.10 Å². The number of carbonyl (C=O) groups excluding carboxylic acids is 1. The van der Waals surface area contributed by atoms with Gasteiger partial charge in [-0.05, 0) is 71.8 Å². The Morgan fingerprint density at radius 1 is 0.825 bits per heavy atom. The van der Waals surface area contributed by atoms with Crippen molar-refractivity contribution in [3.63, 3.8) is 0 Å². The minimum absolute atomic E-state index is 0.00918. The fourth-order valence-corrected chi connectivity index (χ4v) is 5.18. The minimum Gasteiger partial charge on any atom is -0.497 e. The minimum atomic E-state index is -4.14. The van der Waals surface area contributed by atoms with Crippen LogP contribution >= 0.6 is 0 Å². The number of sulfonamides is 1. The maximum absolute atomic E-state index is 13.6. The Labute approximate surface area is 233 Å². The summed E-state index contributed by atoms with van der Waals surface area (Å²) in [5.74, 6) is 0.861. The van der Waals surface area contributed by atoms with Crippen LogP contribution in [0.2, 0.25) is 0 Å². The van der Waals surface area contributed by atoms with Crippen molar-refractivity contribution in [2.24, 2.45) is 5.10 Å². The highest BCUT2D eigenvalue weighted by Crippen LogP contribution is 2.32. The highest BCUT2D eigenvalue weighted by atomic mass is 32.2. The molecule has 0 aromatic heterocycles. The molecule has 40 heavy (non-hydrogen) atoms. The number of carbonyl (C=O) groups is 1. The molecule has 0 unspecified atom stereocenters. The summed E-state index contributed by atoms with van der Waals surface area (Å²) in [5.41, 5.74) is 4.40. The average Bonchev–Trinajstić information content (AvgIpc) is 3.00. The van der Waals surface area contributed by atoms with Crippen LogP contribution in [0.25, 0.3) is 0 Å². The van der Waals surface area contributed by atoms with Gasteiger partial charge in [-0.15, -0.1) is 0 Å². The van der Waals surface area contributed by atoms with E-state index in [1.807, 2.05) is 30.3 Å². The van der Waals surface area contributed by atoms with Crippen LogP contribution in [0.1, 0.15) is 11.1 Å². The fourth-order valence-electron chi connectivity index (χ4n) is 3.75. The van der Waals surface area contributed by atoms with Crippen LogP contribution in [0.15, 0.2) is 113 Å². The lowest BCUT2D eigenvalue weighted by Gasteiger charge is -2.25. The Kier molecular flexibility index (Phi) is 9.37. The molecule has 0 fully saturated rings. The van der Waals surface area contributed by atoms with E-state index in [9.17, 15) is 13.2 Å². The van der Waals surface area contributed by atoms with E-state index in [2.05, 4.69) is 10.5 Å². The van der Waals surface area contributed by atoms with Crippen molar-refractivity contribution in [2.75, 3.05) is 25.1 Å². The molecule has 0 bridgehead atoms. The van der Waals surface area contributed by atoms with Gasteiger partial charge in [-0.25, -0.2) is 13.8 Å². The number of rotatable bonds is 12. The van der Waals surface area contributed by atoms with Crippen LogP contribution < -0.4 is 23.9 Å². The van der Waals surface area contributed by atoms with Gasteiger partial charge in [0.15, 0.2) is 0 Å². The van der Waals surface area contributed by atoms with E-state index in [0.29, 0.717) is 23.9 Å². The van der Waals surface area contributed by atoms with E-state index in [4.69, 9.17) is 14.2 Å². The molecule has 0 saturated heterocycles. The van der Waals surface area contributed by atoms with Gasteiger partial charge < -0.3 is 14.2 Å². The molecule has 0 aliphatic carbocycles. The molecule has 9 nitrogen and oxygen atoms in total. The summed E-state index contributed by atoms with van der Waals surface area (Å²) >= 11 is 0. The third kappa shape index (κ3) is 7.17. The molecule has 0 heterocycles. The van der Waals surface area contributed by atoms with Gasteiger partial charge in [0, 0.05) is 0 Å². The van der Waals surface area contributed by atoms with Crippen LogP contribution in [0.5, 0.6) is 17.2 Å². The maximum atomic E-state index is 13.6. The molecule has 206 valence electrons. The van der Waals surface area contributed by atoms with Crippen molar-refractivity contribution in [1.82, 2.24) is 5.43 Å². The van der Waals surface area contributed by atoms with Gasteiger partial charge in [-0.1, -0.05) is 42.5 Å². The topological polar surface area (TPSA) is 107 Å². The summed E-state index contributed by atoms with van der Waals surface area (Å²) in [5, 5.41) is 4.00. The predicted molar refractivity (Wildman–Crippen MR) is 153 cm³/mol. The summed E-state index contributed by atoms with van der Waals surface area (Å²) in [6.45, 7) is -0.0786. The molecule has 0 aliphatic rings. The van der Waals surface area contributed by atoms with Crippen LogP contribution in [0.3, 0.4) is 0 Å². The van der Waals surface area contributed by atoms with Crippen LogP contribution in [-0.2, 0) is 21.4 Å². The number of ether oxygens (including phenoxy) is 3. The van der Waals surface area contributed by atoms with Gasteiger partial charge in [0.25, 0.3) is 15.9 Å². The normalized spacial score (nSPS) is 11.2. The van der Waals surface area contributed by atoms with Crippen LogP contribution in [0, 0.1) is 0 Å². The number of anilines is 1. The van der Waals surface area contributed by atoms with E-state index in [0.717, 1.165) is 15.4 Å². The van der Waals surface area contributed by atoms with Gasteiger partial charge in [0.2, 0.25) is 0 Å². The number of benzene rings is 4. The zero-order chi connectivity index (χ0) is 28.4. The second-order valence-electron chi connectivity index (χ2n) is 8.50. The number of amides is 1. The number of para-hydroxylation sites is 2. The van der Waals surface area contributed by atoms with Gasteiger partial charge in [-0.3, -0.25) is 9.10 Å². The second kappa shape index (κ2) is 13.3. The van der Waals surface area contributed by atoms with E-state index in [-0.39, 0.29) is 10.6 Å². The zero-order valence-corrected chi connectivity index (χ0v) is 22.9. The third-order valence-corrected chi connectivity index (χ3v) is 7.59. The Bertz CT molecular complexity index is 1540. The fraction of sp³-hybridized carbons (Fsp3) is 0.133. The molecule has 0 atom stereocenters. The van der Waals surface area contributed by atoms with Crippen molar-refractivity contribution in [3.8, 4) is 17.2 Å². The Morgan fingerprint density at radius 3 is 2.15 bits per heavy atom. The summed E-state index contributed by atoms with van der Waals surface area (Å²) in [6, 6.07) is 29.5. The molecule has 4 aromatic rings. The molecule has 0 spiro atoms. The van der Waals surface area contributed by atoms with Crippen molar-refractivity contribution in [3.05, 3.63) is 114 Å². The molecule has 4 aromatic carbocycles. The largest absolute Gasteiger partial charge is 0.497 e. The molecule has 0 aliphatic heterocycles.